The van der Waals surface area contributed by atoms with Gasteiger partial charge in [-0.05, 0) is 38.6 Å². The topological polar surface area (TPSA) is 60.9 Å². The van der Waals surface area contributed by atoms with E-state index >= 15 is 0 Å². The second-order valence-electron chi connectivity index (χ2n) is 5.57. The van der Waals surface area contributed by atoms with E-state index in [2.05, 4.69) is 4.90 Å². The molecule has 1 fully saturated rings. The maximum Gasteiger partial charge on any atom is 0.303 e. The first-order chi connectivity index (χ1) is 10.1. The highest BCUT2D eigenvalue weighted by molar-refractivity contribution is 5.95. The Morgan fingerprint density at radius 3 is 2.62 bits per heavy atom. The molecule has 1 unspecified atom stereocenters. The van der Waals surface area contributed by atoms with Gasteiger partial charge in [-0.25, -0.2) is 0 Å². The molecule has 5 nitrogen and oxygen atoms in total. The van der Waals surface area contributed by atoms with Crippen molar-refractivity contribution in [1.82, 2.24) is 4.90 Å². The summed E-state index contributed by atoms with van der Waals surface area (Å²) < 4.78 is 0. The van der Waals surface area contributed by atoms with E-state index in [1.165, 1.54) is 0 Å². The predicted molar refractivity (Wildman–Crippen MR) is 81.3 cm³/mol. The molecule has 2 rings (SSSR count). The maximum atomic E-state index is 12.7. The van der Waals surface area contributed by atoms with Crippen LogP contribution in [0.15, 0.2) is 30.3 Å². The van der Waals surface area contributed by atoms with Crippen molar-refractivity contribution in [3.63, 3.8) is 0 Å². The minimum absolute atomic E-state index is 0.0139. The van der Waals surface area contributed by atoms with Crippen molar-refractivity contribution in [2.75, 3.05) is 31.6 Å². The van der Waals surface area contributed by atoms with Crippen LogP contribution in [0, 0.1) is 5.92 Å². The van der Waals surface area contributed by atoms with E-state index in [0.29, 0.717) is 13.0 Å². The first-order valence-corrected chi connectivity index (χ1v) is 7.34. The van der Waals surface area contributed by atoms with E-state index in [-0.39, 0.29) is 18.2 Å². The third kappa shape index (κ3) is 4.29. The molecule has 0 saturated carbocycles. The van der Waals surface area contributed by atoms with E-state index in [1.54, 1.807) is 4.90 Å². The molecule has 1 aliphatic heterocycles. The minimum Gasteiger partial charge on any atom is -0.481 e. The van der Waals surface area contributed by atoms with Crippen molar-refractivity contribution < 1.29 is 14.7 Å². The van der Waals surface area contributed by atoms with Crippen LogP contribution in [-0.2, 0) is 9.59 Å². The van der Waals surface area contributed by atoms with Gasteiger partial charge in [-0.3, -0.25) is 9.59 Å². The molecule has 1 amide bonds. The summed E-state index contributed by atoms with van der Waals surface area (Å²) in [6, 6.07) is 9.50. The number of benzene rings is 1. The van der Waals surface area contributed by atoms with Gasteiger partial charge in [0, 0.05) is 25.2 Å². The average Bonchev–Trinajstić information content (AvgIpc) is 2.90. The molecule has 0 aliphatic carbocycles. The minimum atomic E-state index is -0.823. The highest BCUT2D eigenvalue weighted by atomic mass is 16.4. The molecule has 1 aromatic carbocycles. The molecular formula is C16H22N2O3. The zero-order valence-electron chi connectivity index (χ0n) is 12.4. The molecule has 21 heavy (non-hydrogen) atoms. The highest BCUT2D eigenvalue weighted by Gasteiger charge is 2.30. The van der Waals surface area contributed by atoms with Crippen LogP contribution < -0.4 is 4.90 Å². The fourth-order valence-corrected chi connectivity index (χ4v) is 2.72. The Bertz CT molecular complexity index is 490. The van der Waals surface area contributed by atoms with Crippen molar-refractivity contribution >= 4 is 17.6 Å². The van der Waals surface area contributed by atoms with E-state index < -0.39 is 5.97 Å². The maximum absolute atomic E-state index is 12.7. The molecule has 1 aliphatic rings. The number of carboxylic acids is 1. The summed E-state index contributed by atoms with van der Waals surface area (Å²) in [4.78, 5) is 27.3. The quantitative estimate of drug-likeness (QED) is 0.868. The molecular weight excluding hydrogens is 268 g/mol. The van der Waals surface area contributed by atoms with Gasteiger partial charge >= 0.3 is 5.97 Å². The van der Waals surface area contributed by atoms with Crippen molar-refractivity contribution in [2.45, 2.75) is 19.3 Å². The van der Waals surface area contributed by atoms with Crippen LogP contribution in [0.4, 0.5) is 5.69 Å². The van der Waals surface area contributed by atoms with Crippen LogP contribution in [0.1, 0.15) is 19.3 Å². The number of carboxylic acid groups (broad SMARTS) is 1. The third-order valence-corrected chi connectivity index (χ3v) is 3.85. The average molecular weight is 290 g/mol. The number of anilines is 1. The second kappa shape index (κ2) is 7.22. The Labute approximate surface area is 125 Å². The van der Waals surface area contributed by atoms with Gasteiger partial charge in [0.25, 0.3) is 0 Å². The van der Waals surface area contributed by atoms with Gasteiger partial charge in [-0.2, -0.15) is 0 Å². The van der Waals surface area contributed by atoms with Gasteiger partial charge in [-0.15, -0.1) is 0 Å². The Kier molecular flexibility index (Phi) is 5.33. The lowest BCUT2D eigenvalue weighted by atomic mass is 10.1. The van der Waals surface area contributed by atoms with E-state index in [1.807, 2.05) is 37.4 Å². The molecule has 114 valence electrons. The lowest BCUT2D eigenvalue weighted by Crippen LogP contribution is -2.38. The number of carbonyl (C=O) groups excluding carboxylic acids is 1. The first kappa shape index (κ1) is 15.5. The van der Waals surface area contributed by atoms with Crippen molar-refractivity contribution in [2.24, 2.45) is 5.92 Å². The van der Waals surface area contributed by atoms with Gasteiger partial charge in [0.1, 0.15) is 0 Å². The normalized spacial score (nSPS) is 18.6. The summed E-state index contributed by atoms with van der Waals surface area (Å²) in [6.07, 6.45) is 1.43. The summed E-state index contributed by atoms with van der Waals surface area (Å²) >= 11 is 0. The molecule has 1 heterocycles. The van der Waals surface area contributed by atoms with Gasteiger partial charge < -0.3 is 14.9 Å². The zero-order chi connectivity index (χ0) is 15.2. The second-order valence-corrected chi connectivity index (χ2v) is 5.57. The van der Waals surface area contributed by atoms with Crippen LogP contribution in [0.3, 0.4) is 0 Å². The zero-order valence-corrected chi connectivity index (χ0v) is 12.4. The van der Waals surface area contributed by atoms with Gasteiger partial charge in [-0.1, -0.05) is 18.2 Å². The fourth-order valence-electron chi connectivity index (χ4n) is 2.72. The Hall–Kier alpha value is -1.88. The number of carbonyl (C=O) groups is 2. The third-order valence-electron chi connectivity index (χ3n) is 3.85. The van der Waals surface area contributed by atoms with E-state index in [4.69, 9.17) is 5.11 Å². The number of likely N-dealkylation sites (tertiary alicyclic amines) is 1. The summed E-state index contributed by atoms with van der Waals surface area (Å²) in [5, 5.41) is 8.77. The molecule has 5 heteroatoms. The number of amides is 1. The molecule has 1 aromatic rings. The predicted octanol–water partition coefficient (Wildman–Crippen LogP) is 1.84. The molecule has 1 N–H and O–H groups in total. The Morgan fingerprint density at radius 2 is 2.05 bits per heavy atom. The first-order valence-electron chi connectivity index (χ1n) is 7.34. The Morgan fingerprint density at radius 1 is 1.33 bits per heavy atom. The molecule has 0 bridgehead atoms. The molecule has 0 aromatic heterocycles. The largest absolute Gasteiger partial charge is 0.481 e. The summed E-state index contributed by atoms with van der Waals surface area (Å²) in [7, 11) is 2.02. The standard InChI is InChI=1S/C16H22N2O3/c1-17-11-9-13(12-17)16(21)18(10-5-8-15(19)20)14-6-3-2-4-7-14/h2-4,6-7,13H,5,8-12H2,1H3,(H,19,20). The van der Waals surface area contributed by atoms with Crippen molar-refractivity contribution in [3.8, 4) is 0 Å². The summed E-state index contributed by atoms with van der Waals surface area (Å²) in [5.41, 5.74) is 0.849. The number of hydrogen-bond acceptors (Lipinski definition) is 3. The summed E-state index contributed by atoms with van der Waals surface area (Å²) in [6.45, 7) is 2.17. The molecule has 0 spiro atoms. The van der Waals surface area contributed by atoms with Crippen LogP contribution in [0.25, 0.3) is 0 Å². The van der Waals surface area contributed by atoms with Crippen LogP contribution in [0.5, 0.6) is 0 Å². The Balaban J connectivity index is 2.07. The van der Waals surface area contributed by atoms with E-state index in [0.717, 1.165) is 25.2 Å². The monoisotopic (exact) mass is 290 g/mol. The lowest BCUT2D eigenvalue weighted by Gasteiger charge is -2.25. The number of hydrogen-bond donors (Lipinski definition) is 1. The van der Waals surface area contributed by atoms with Crippen LogP contribution in [-0.4, -0.2) is 48.6 Å². The van der Waals surface area contributed by atoms with Crippen LogP contribution in [0.2, 0.25) is 0 Å². The molecule has 1 saturated heterocycles. The number of rotatable bonds is 6. The van der Waals surface area contributed by atoms with Gasteiger partial charge in [0.05, 0.1) is 5.92 Å². The van der Waals surface area contributed by atoms with Gasteiger partial charge in [0.15, 0.2) is 0 Å². The fraction of sp³-hybridized carbons (Fsp3) is 0.500. The smallest absolute Gasteiger partial charge is 0.303 e. The lowest BCUT2D eigenvalue weighted by molar-refractivity contribution is -0.137. The van der Waals surface area contributed by atoms with Crippen molar-refractivity contribution in [1.29, 1.82) is 0 Å². The molecule has 1 atom stereocenters. The van der Waals surface area contributed by atoms with Gasteiger partial charge in [0.2, 0.25) is 5.91 Å². The summed E-state index contributed by atoms with van der Waals surface area (Å²) in [5.74, 6) is -0.702. The highest BCUT2D eigenvalue weighted by Crippen LogP contribution is 2.22. The number of aliphatic carboxylic acids is 1. The van der Waals surface area contributed by atoms with E-state index in [9.17, 15) is 9.59 Å². The molecule has 0 radical (unpaired) electrons. The number of para-hydroxylation sites is 1. The number of nitrogens with zero attached hydrogens (tertiary/aromatic N) is 2. The SMILES string of the molecule is CN1CCC(C(=O)N(CCCC(=O)O)c2ccccc2)C1. The van der Waals surface area contributed by atoms with Crippen LogP contribution >= 0.6 is 0 Å². The van der Waals surface area contributed by atoms with Crippen molar-refractivity contribution in [3.05, 3.63) is 30.3 Å².